The summed E-state index contributed by atoms with van der Waals surface area (Å²) < 4.78 is 1.17. The van der Waals surface area contributed by atoms with Gasteiger partial charge in [0, 0.05) is 0 Å². The molecule has 0 spiro atoms. The van der Waals surface area contributed by atoms with Gasteiger partial charge < -0.3 is 5.11 Å². The summed E-state index contributed by atoms with van der Waals surface area (Å²) in [6.45, 7) is 3.14. The van der Waals surface area contributed by atoms with Crippen molar-refractivity contribution in [1.82, 2.24) is 9.55 Å². The number of carboxylic acid groups (broad SMARTS) is 1. The van der Waals surface area contributed by atoms with Crippen molar-refractivity contribution in [3.63, 3.8) is 0 Å². The van der Waals surface area contributed by atoms with Crippen LogP contribution in [0.5, 0.6) is 0 Å². The van der Waals surface area contributed by atoms with Crippen molar-refractivity contribution >= 4 is 16.9 Å². The molecule has 5 heteroatoms. The summed E-state index contributed by atoms with van der Waals surface area (Å²) in [6, 6.07) is 5.36. The van der Waals surface area contributed by atoms with Crippen molar-refractivity contribution in [3.8, 4) is 0 Å². The summed E-state index contributed by atoms with van der Waals surface area (Å²) in [7, 11) is 0. The van der Waals surface area contributed by atoms with Gasteiger partial charge in [-0.1, -0.05) is 11.6 Å². The van der Waals surface area contributed by atoms with Crippen LogP contribution in [-0.2, 0) is 11.3 Å². The zero-order valence-electron chi connectivity index (χ0n) is 9.60. The first-order chi connectivity index (χ1) is 7.99. The first-order valence-corrected chi connectivity index (χ1v) is 5.18. The highest BCUT2D eigenvalue weighted by Crippen LogP contribution is 2.10. The first-order valence-electron chi connectivity index (χ1n) is 5.18. The fourth-order valence-electron chi connectivity index (χ4n) is 1.77. The van der Waals surface area contributed by atoms with Gasteiger partial charge in [-0.2, -0.15) is 0 Å². The average molecular weight is 232 g/mol. The van der Waals surface area contributed by atoms with E-state index in [1.165, 1.54) is 4.57 Å². The van der Waals surface area contributed by atoms with Crippen LogP contribution in [0.4, 0.5) is 0 Å². The molecule has 0 saturated heterocycles. The Morgan fingerprint density at radius 3 is 2.76 bits per heavy atom. The van der Waals surface area contributed by atoms with Gasteiger partial charge in [-0.05, 0) is 26.0 Å². The molecule has 0 aliphatic carbocycles. The summed E-state index contributed by atoms with van der Waals surface area (Å²) >= 11 is 0. The van der Waals surface area contributed by atoms with Crippen molar-refractivity contribution in [2.45, 2.75) is 20.4 Å². The van der Waals surface area contributed by atoms with Gasteiger partial charge in [-0.25, -0.2) is 4.98 Å². The number of fused-ring (bicyclic) bond motifs is 1. The molecule has 2 aromatic rings. The van der Waals surface area contributed by atoms with Gasteiger partial charge in [-0.3, -0.25) is 14.2 Å². The monoisotopic (exact) mass is 232 g/mol. The van der Waals surface area contributed by atoms with E-state index in [0.717, 1.165) is 5.56 Å². The minimum atomic E-state index is -1.05. The highest BCUT2D eigenvalue weighted by molar-refractivity contribution is 5.78. The Hall–Kier alpha value is -2.17. The second kappa shape index (κ2) is 4.01. The minimum absolute atomic E-state index is 0.307. The minimum Gasteiger partial charge on any atom is -0.480 e. The van der Waals surface area contributed by atoms with Gasteiger partial charge in [0.05, 0.1) is 10.9 Å². The quantitative estimate of drug-likeness (QED) is 0.841. The maximum absolute atomic E-state index is 12.1. The van der Waals surface area contributed by atoms with Crippen molar-refractivity contribution in [3.05, 3.63) is 39.9 Å². The first kappa shape index (κ1) is 11.3. The lowest BCUT2D eigenvalue weighted by Crippen LogP contribution is -2.27. The van der Waals surface area contributed by atoms with E-state index in [0.29, 0.717) is 16.7 Å². The number of aryl methyl sites for hydroxylation is 2. The highest BCUT2D eigenvalue weighted by atomic mass is 16.4. The van der Waals surface area contributed by atoms with Crippen LogP contribution >= 0.6 is 0 Å². The molecule has 5 nitrogen and oxygen atoms in total. The van der Waals surface area contributed by atoms with Crippen LogP contribution in [0.1, 0.15) is 11.4 Å². The standard InChI is InChI=1S/C12H12N2O3/c1-7-3-4-10-9(5-7)12(17)14(6-11(15)16)8(2)13-10/h3-5H,6H2,1-2H3,(H,15,16). The summed E-state index contributed by atoms with van der Waals surface area (Å²) in [4.78, 5) is 27.0. The Balaban J connectivity index is 2.78. The van der Waals surface area contributed by atoms with Crippen LogP contribution in [0.15, 0.2) is 23.0 Å². The van der Waals surface area contributed by atoms with Gasteiger partial charge in [0.15, 0.2) is 0 Å². The Morgan fingerprint density at radius 2 is 2.12 bits per heavy atom. The smallest absolute Gasteiger partial charge is 0.323 e. The third kappa shape index (κ3) is 2.04. The fourth-order valence-corrected chi connectivity index (χ4v) is 1.77. The van der Waals surface area contributed by atoms with Crippen molar-refractivity contribution in [1.29, 1.82) is 0 Å². The van der Waals surface area contributed by atoms with Gasteiger partial charge in [0.1, 0.15) is 12.4 Å². The topological polar surface area (TPSA) is 72.2 Å². The third-order valence-corrected chi connectivity index (χ3v) is 2.59. The zero-order chi connectivity index (χ0) is 12.6. The molecule has 1 aromatic carbocycles. The molecule has 0 aliphatic rings. The number of carboxylic acids is 1. The lowest BCUT2D eigenvalue weighted by atomic mass is 10.1. The predicted molar refractivity (Wildman–Crippen MR) is 63.1 cm³/mol. The molecule has 0 unspecified atom stereocenters. The molecule has 0 bridgehead atoms. The normalized spacial score (nSPS) is 10.7. The Bertz CT molecular complexity index is 659. The van der Waals surface area contributed by atoms with Gasteiger partial charge in [-0.15, -0.1) is 0 Å². The number of hydrogen-bond acceptors (Lipinski definition) is 3. The third-order valence-electron chi connectivity index (χ3n) is 2.59. The zero-order valence-corrected chi connectivity index (χ0v) is 9.60. The van der Waals surface area contributed by atoms with Gasteiger partial charge in [0.25, 0.3) is 5.56 Å². The fraction of sp³-hybridized carbons (Fsp3) is 0.250. The molecular weight excluding hydrogens is 220 g/mol. The molecule has 0 radical (unpaired) electrons. The van der Waals surface area contributed by atoms with Crippen LogP contribution < -0.4 is 5.56 Å². The lowest BCUT2D eigenvalue weighted by molar-refractivity contribution is -0.137. The second-order valence-electron chi connectivity index (χ2n) is 3.96. The van der Waals surface area contributed by atoms with Crippen LogP contribution in [0.25, 0.3) is 10.9 Å². The van der Waals surface area contributed by atoms with Crippen molar-refractivity contribution in [2.75, 3.05) is 0 Å². The van der Waals surface area contributed by atoms with Crippen molar-refractivity contribution < 1.29 is 9.90 Å². The molecular formula is C12H12N2O3. The van der Waals surface area contributed by atoms with Gasteiger partial charge >= 0.3 is 5.97 Å². The number of hydrogen-bond donors (Lipinski definition) is 1. The SMILES string of the molecule is Cc1ccc2nc(C)n(CC(=O)O)c(=O)c2c1. The van der Waals surface area contributed by atoms with E-state index in [2.05, 4.69) is 4.98 Å². The molecule has 1 heterocycles. The Kier molecular flexibility index (Phi) is 2.67. The number of nitrogens with zero attached hydrogens (tertiary/aromatic N) is 2. The van der Waals surface area contributed by atoms with Crippen LogP contribution in [0, 0.1) is 13.8 Å². The summed E-state index contributed by atoms with van der Waals surface area (Å²) in [5.41, 5.74) is 1.24. The van der Waals surface area contributed by atoms with E-state index in [-0.39, 0.29) is 12.1 Å². The predicted octanol–water partition coefficient (Wildman–Crippen LogP) is 1.10. The molecule has 0 saturated carbocycles. The second-order valence-corrected chi connectivity index (χ2v) is 3.96. The highest BCUT2D eigenvalue weighted by Gasteiger charge is 2.10. The number of aliphatic carboxylic acids is 1. The molecule has 0 fully saturated rings. The van der Waals surface area contributed by atoms with Crippen molar-refractivity contribution in [2.24, 2.45) is 0 Å². The molecule has 88 valence electrons. The summed E-state index contributed by atoms with van der Waals surface area (Å²) in [6.07, 6.45) is 0. The molecule has 0 atom stereocenters. The van der Waals surface area contributed by atoms with E-state index in [9.17, 15) is 9.59 Å². The van der Waals surface area contributed by atoms with E-state index in [1.807, 2.05) is 13.0 Å². The number of carbonyl (C=O) groups is 1. The van der Waals surface area contributed by atoms with E-state index in [4.69, 9.17) is 5.11 Å². The molecule has 17 heavy (non-hydrogen) atoms. The average Bonchev–Trinajstić information content (AvgIpc) is 2.25. The molecule has 2 rings (SSSR count). The van der Waals surface area contributed by atoms with Crippen LogP contribution in [-0.4, -0.2) is 20.6 Å². The van der Waals surface area contributed by atoms with Crippen LogP contribution in [0.3, 0.4) is 0 Å². The molecule has 0 amide bonds. The van der Waals surface area contributed by atoms with Gasteiger partial charge in [0.2, 0.25) is 0 Å². The Labute approximate surface area is 97.3 Å². The lowest BCUT2D eigenvalue weighted by Gasteiger charge is -2.08. The molecule has 0 aliphatic heterocycles. The van der Waals surface area contributed by atoms with E-state index >= 15 is 0 Å². The van der Waals surface area contributed by atoms with E-state index < -0.39 is 5.97 Å². The molecule has 1 aromatic heterocycles. The number of aromatic nitrogens is 2. The summed E-state index contributed by atoms with van der Waals surface area (Å²) in [5, 5.41) is 9.21. The number of benzene rings is 1. The van der Waals surface area contributed by atoms with E-state index in [1.54, 1.807) is 19.1 Å². The van der Waals surface area contributed by atoms with Crippen LogP contribution in [0.2, 0.25) is 0 Å². The maximum Gasteiger partial charge on any atom is 0.323 e. The summed E-state index contributed by atoms with van der Waals surface area (Å²) in [5.74, 6) is -0.641. The molecule has 1 N–H and O–H groups in total. The number of rotatable bonds is 2. The largest absolute Gasteiger partial charge is 0.480 e. The maximum atomic E-state index is 12.1. The Morgan fingerprint density at radius 1 is 1.41 bits per heavy atom.